The second-order valence-corrected chi connectivity index (χ2v) is 9.39. The summed E-state index contributed by atoms with van der Waals surface area (Å²) >= 11 is 0. The number of aryl methyl sites for hydroxylation is 1. The molecule has 2 N–H and O–H groups in total. The normalized spacial score (nSPS) is 17.0. The van der Waals surface area contributed by atoms with Gasteiger partial charge in [-0.1, -0.05) is 24.3 Å². The number of pyridine rings is 1. The lowest BCUT2D eigenvalue weighted by molar-refractivity contribution is -0.129. The first-order valence-corrected chi connectivity index (χ1v) is 12.0. The summed E-state index contributed by atoms with van der Waals surface area (Å²) in [6, 6.07) is 13.9. The molecule has 0 spiro atoms. The number of aromatic nitrogens is 3. The number of carbonyl (C=O) groups excluding carboxylic acids is 2. The van der Waals surface area contributed by atoms with Crippen molar-refractivity contribution in [2.24, 2.45) is 5.92 Å². The highest BCUT2D eigenvalue weighted by Crippen LogP contribution is 2.23. The fourth-order valence-corrected chi connectivity index (χ4v) is 5.01. The molecule has 8 heteroatoms. The van der Waals surface area contributed by atoms with Crippen LogP contribution in [-0.4, -0.2) is 69.3 Å². The van der Waals surface area contributed by atoms with E-state index < -0.39 is 0 Å². The number of benzene rings is 2. The number of H-pyrrole nitrogens is 1. The predicted molar refractivity (Wildman–Crippen MR) is 137 cm³/mol. The zero-order chi connectivity index (χ0) is 24.4. The summed E-state index contributed by atoms with van der Waals surface area (Å²) < 4.78 is 0. The summed E-state index contributed by atoms with van der Waals surface area (Å²) in [4.78, 5) is 41.3. The maximum absolute atomic E-state index is 12.9. The third kappa shape index (κ3) is 5.33. The van der Waals surface area contributed by atoms with Gasteiger partial charge in [0.2, 0.25) is 11.8 Å². The van der Waals surface area contributed by atoms with Crippen molar-refractivity contribution in [3.8, 4) is 0 Å². The summed E-state index contributed by atoms with van der Waals surface area (Å²) in [5, 5.41) is 5.32. The molecular weight excluding hydrogens is 440 g/mol. The molecule has 2 aromatic heterocycles. The van der Waals surface area contributed by atoms with Gasteiger partial charge >= 0.3 is 0 Å². The van der Waals surface area contributed by atoms with Crippen molar-refractivity contribution in [3.63, 3.8) is 0 Å². The maximum atomic E-state index is 12.9. The van der Waals surface area contributed by atoms with Crippen molar-refractivity contribution in [1.29, 1.82) is 0 Å². The third-order valence-electron chi connectivity index (χ3n) is 6.64. The smallest absolute Gasteiger partial charge is 0.238 e. The minimum absolute atomic E-state index is 0.0672. The molecule has 4 aromatic rings. The van der Waals surface area contributed by atoms with Crippen LogP contribution in [0.5, 0.6) is 0 Å². The molecule has 0 bridgehead atoms. The van der Waals surface area contributed by atoms with Crippen molar-refractivity contribution in [3.05, 3.63) is 66.2 Å². The monoisotopic (exact) mass is 470 g/mol. The largest absolute Gasteiger partial charge is 0.342 e. The lowest BCUT2D eigenvalue weighted by Gasteiger charge is -2.24. The zero-order valence-corrected chi connectivity index (χ0v) is 20.1. The number of imidazole rings is 1. The Bertz CT molecular complexity index is 1380. The summed E-state index contributed by atoms with van der Waals surface area (Å²) in [5.41, 5.74) is 3.69. The van der Waals surface area contributed by atoms with Gasteiger partial charge in [-0.25, -0.2) is 4.98 Å². The first kappa shape index (κ1) is 23.0. The number of aromatic amines is 1. The van der Waals surface area contributed by atoms with Gasteiger partial charge in [-0.15, -0.1) is 0 Å². The number of rotatable bonds is 5. The molecule has 1 saturated heterocycles. The summed E-state index contributed by atoms with van der Waals surface area (Å²) in [7, 11) is 0. The highest BCUT2D eigenvalue weighted by atomic mass is 16.2. The molecule has 1 aliphatic heterocycles. The van der Waals surface area contributed by atoms with Crippen LogP contribution in [0.4, 0.5) is 5.69 Å². The molecule has 1 aliphatic rings. The molecular formula is C27H30N6O2. The van der Waals surface area contributed by atoms with Crippen molar-refractivity contribution >= 4 is 39.3 Å². The highest BCUT2D eigenvalue weighted by Gasteiger charge is 2.26. The Hall–Kier alpha value is -3.78. The van der Waals surface area contributed by atoms with E-state index in [9.17, 15) is 9.59 Å². The van der Waals surface area contributed by atoms with Crippen LogP contribution in [0.1, 0.15) is 18.3 Å². The molecule has 5 rings (SSSR count). The molecule has 2 amide bonds. The number of nitrogens with zero attached hydrogens (tertiary/aromatic N) is 4. The van der Waals surface area contributed by atoms with Crippen LogP contribution >= 0.6 is 0 Å². The second kappa shape index (κ2) is 9.84. The van der Waals surface area contributed by atoms with Crippen molar-refractivity contribution in [1.82, 2.24) is 24.8 Å². The van der Waals surface area contributed by atoms with Gasteiger partial charge < -0.3 is 15.2 Å². The molecule has 1 atom stereocenters. The number of nitrogens with one attached hydrogen (secondary N) is 2. The first-order chi connectivity index (χ1) is 16.9. The highest BCUT2D eigenvalue weighted by molar-refractivity contribution is 5.94. The molecule has 180 valence electrons. The zero-order valence-electron chi connectivity index (χ0n) is 20.1. The number of hydrogen-bond donors (Lipinski definition) is 2. The lowest BCUT2D eigenvalue weighted by atomic mass is 9.96. The lowest BCUT2D eigenvalue weighted by Crippen LogP contribution is -2.37. The Morgan fingerprint density at radius 3 is 2.83 bits per heavy atom. The Kier molecular flexibility index (Phi) is 6.46. The van der Waals surface area contributed by atoms with Crippen LogP contribution in [0.25, 0.3) is 21.8 Å². The molecule has 0 saturated carbocycles. The minimum atomic E-state index is -0.0672. The van der Waals surface area contributed by atoms with Crippen molar-refractivity contribution in [2.45, 2.75) is 20.3 Å². The van der Waals surface area contributed by atoms with Gasteiger partial charge in [-0.2, -0.15) is 0 Å². The second-order valence-electron chi connectivity index (χ2n) is 9.39. The van der Waals surface area contributed by atoms with Gasteiger partial charge in [0.1, 0.15) is 5.82 Å². The molecule has 1 fully saturated rings. The van der Waals surface area contributed by atoms with E-state index in [1.807, 2.05) is 54.5 Å². The van der Waals surface area contributed by atoms with Gasteiger partial charge in [-0.05, 0) is 48.4 Å². The quantitative estimate of drug-likeness (QED) is 0.466. The number of carbonyl (C=O) groups is 2. The Morgan fingerprint density at radius 2 is 1.97 bits per heavy atom. The van der Waals surface area contributed by atoms with Crippen molar-refractivity contribution < 1.29 is 9.59 Å². The SMILES string of the molecule is CC(=O)N1CCN(CC(=O)Nc2ccc3nc(C)[nH]c3c2)CC(Cc2cncc3ccccc23)C1. The molecule has 8 nitrogen and oxygen atoms in total. The molecule has 3 heterocycles. The number of fused-ring (bicyclic) bond motifs is 2. The van der Waals surface area contributed by atoms with E-state index in [4.69, 9.17) is 0 Å². The number of hydrogen-bond acceptors (Lipinski definition) is 5. The number of amides is 2. The summed E-state index contributed by atoms with van der Waals surface area (Å²) in [6.45, 7) is 6.49. The van der Waals surface area contributed by atoms with Crippen LogP contribution in [0, 0.1) is 12.8 Å². The van der Waals surface area contributed by atoms with E-state index >= 15 is 0 Å². The van der Waals surface area contributed by atoms with E-state index in [0.717, 1.165) is 40.9 Å². The van der Waals surface area contributed by atoms with E-state index in [1.54, 1.807) is 6.92 Å². The van der Waals surface area contributed by atoms with Crippen LogP contribution in [-0.2, 0) is 16.0 Å². The predicted octanol–water partition coefficient (Wildman–Crippen LogP) is 3.38. The third-order valence-corrected chi connectivity index (χ3v) is 6.64. The number of anilines is 1. The molecule has 35 heavy (non-hydrogen) atoms. The molecule has 2 aromatic carbocycles. The fraction of sp³-hybridized carbons (Fsp3) is 0.333. The van der Waals surface area contributed by atoms with E-state index in [1.165, 1.54) is 10.9 Å². The van der Waals surface area contributed by atoms with Crippen LogP contribution in [0.3, 0.4) is 0 Å². The Labute approximate surface area is 204 Å². The fourth-order valence-electron chi connectivity index (χ4n) is 5.01. The molecule has 0 radical (unpaired) electrons. The van der Waals surface area contributed by atoms with Crippen LogP contribution in [0.2, 0.25) is 0 Å². The van der Waals surface area contributed by atoms with Gasteiger partial charge in [0, 0.05) is 56.6 Å². The van der Waals surface area contributed by atoms with Gasteiger partial charge in [0.25, 0.3) is 0 Å². The van der Waals surface area contributed by atoms with E-state index in [-0.39, 0.29) is 24.3 Å². The maximum Gasteiger partial charge on any atom is 0.238 e. The summed E-state index contributed by atoms with van der Waals surface area (Å²) in [6.07, 6.45) is 4.61. The topological polar surface area (TPSA) is 94.2 Å². The van der Waals surface area contributed by atoms with Gasteiger partial charge in [0.15, 0.2) is 0 Å². The average molecular weight is 471 g/mol. The van der Waals surface area contributed by atoms with E-state index in [2.05, 4.69) is 37.3 Å². The van der Waals surface area contributed by atoms with Gasteiger partial charge in [-0.3, -0.25) is 19.5 Å². The Balaban J connectivity index is 1.29. The minimum Gasteiger partial charge on any atom is -0.342 e. The molecule has 1 unspecified atom stereocenters. The van der Waals surface area contributed by atoms with Crippen molar-refractivity contribution in [2.75, 3.05) is 38.0 Å². The summed E-state index contributed by atoms with van der Waals surface area (Å²) in [5.74, 6) is 1.05. The van der Waals surface area contributed by atoms with Crippen LogP contribution < -0.4 is 5.32 Å². The standard InChI is InChI=1S/C27H30N6O2/c1-18-29-25-8-7-23(12-26(25)30-18)31-27(35)17-32-9-10-33(19(2)34)16-20(15-32)11-22-14-28-13-21-5-3-4-6-24(21)22/h3-8,12-14,20H,9-11,15-17H2,1-2H3,(H,29,30)(H,31,35). The Morgan fingerprint density at radius 1 is 1.11 bits per heavy atom. The first-order valence-electron chi connectivity index (χ1n) is 12.0. The average Bonchev–Trinajstić information content (AvgIpc) is 3.08. The molecule has 0 aliphatic carbocycles. The van der Waals surface area contributed by atoms with Crippen LogP contribution in [0.15, 0.2) is 54.9 Å². The van der Waals surface area contributed by atoms with E-state index in [0.29, 0.717) is 19.6 Å². The van der Waals surface area contributed by atoms with Gasteiger partial charge in [0.05, 0.1) is 17.6 Å².